The molecule has 1 saturated carbocycles. The van der Waals surface area contributed by atoms with E-state index in [4.69, 9.17) is 0 Å². The van der Waals surface area contributed by atoms with Gasteiger partial charge in [-0.05, 0) is 30.7 Å². The van der Waals surface area contributed by atoms with Gasteiger partial charge in [-0.3, -0.25) is 10.1 Å². The SMILES string of the molecule is CS(=O)(=O)CCCN1C(=O)C2(CC2)NC1c1cccs1. The lowest BCUT2D eigenvalue weighted by atomic mass is 10.2. The molecule has 7 heteroatoms. The third kappa shape index (κ3) is 2.62. The second-order valence-electron chi connectivity index (χ2n) is 5.63. The number of amides is 1. The summed E-state index contributed by atoms with van der Waals surface area (Å²) in [6, 6.07) is 3.99. The molecule has 110 valence electrons. The Balaban J connectivity index is 1.73. The number of nitrogens with zero attached hydrogens (tertiary/aromatic N) is 1. The molecule has 2 heterocycles. The molecule has 2 fully saturated rings. The quantitative estimate of drug-likeness (QED) is 0.885. The normalized spacial score (nSPS) is 24.6. The minimum Gasteiger partial charge on any atom is -0.320 e. The first kappa shape index (κ1) is 14.0. The Morgan fingerprint density at radius 2 is 2.25 bits per heavy atom. The van der Waals surface area contributed by atoms with Crippen LogP contribution in [-0.4, -0.2) is 43.3 Å². The van der Waals surface area contributed by atoms with E-state index >= 15 is 0 Å². The summed E-state index contributed by atoms with van der Waals surface area (Å²) < 4.78 is 22.4. The van der Waals surface area contributed by atoms with Crippen molar-refractivity contribution in [2.24, 2.45) is 0 Å². The predicted octanol–water partition coefficient (Wildman–Crippen LogP) is 1.15. The van der Waals surface area contributed by atoms with Crippen LogP contribution in [0.25, 0.3) is 0 Å². The molecule has 1 N–H and O–H groups in total. The van der Waals surface area contributed by atoms with Crippen molar-refractivity contribution in [1.82, 2.24) is 10.2 Å². The lowest BCUT2D eigenvalue weighted by Gasteiger charge is -2.23. The topological polar surface area (TPSA) is 66.5 Å². The van der Waals surface area contributed by atoms with Gasteiger partial charge in [-0.15, -0.1) is 11.3 Å². The average molecular weight is 314 g/mol. The van der Waals surface area contributed by atoms with Crippen LogP contribution in [0.4, 0.5) is 0 Å². The number of thiophene rings is 1. The van der Waals surface area contributed by atoms with Crippen LogP contribution in [0.2, 0.25) is 0 Å². The van der Waals surface area contributed by atoms with Crippen molar-refractivity contribution in [1.29, 1.82) is 0 Å². The maximum atomic E-state index is 12.5. The van der Waals surface area contributed by atoms with Crippen molar-refractivity contribution < 1.29 is 13.2 Å². The summed E-state index contributed by atoms with van der Waals surface area (Å²) >= 11 is 1.62. The molecule has 1 spiro atoms. The Morgan fingerprint density at radius 1 is 1.50 bits per heavy atom. The van der Waals surface area contributed by atoms with E-state index in [9.17, 15) is 13.2 Å². The number of carbonyl (C=O) groups is 1. The molecule has 1 saturated heterocycles. The summed E-state index contributed by atoms with van der Waals surface area (Å²) in [6.45, 7) is 0.489. The highest BCUT2D eigenvalue weighted by molar-refractivity contribution is 7.90. The van der Waals surface area contributed by atoms with Crippen LogP contribution in [-0.2, 0) is 14.6 Å². The lowest BCUT2D eigenvalue weighted by Crippen LogP contribution is -2.33. The maximum absolute atomic E-state index is 12.5. The molecular weight excluding hydrogens is 296 g/mol. The fourth-order valence-corrected chi connectivity index (χ4v) is 4.12. The number of hydrogen-bond acceptors (Lipinski definition) is 5. The molecule has 20 heavy (non-hydrogen) atoms. The number of carbonyl (C=O) groups excluding carboxylic acids is 1. The highest BCUT2D eigenvalue weighted by Crippen LogP contribution is 2.46. The summed E-state index contributed by atoms with van der Waals surface area (Å²) in [5, 5.41) is 5.42. The summed E-state index contributed by atoms with van der Waals surface area (Å²) in [5.74, 6) is 0.255. The molecule has 1 amide bonds. The van der Waals surface area contributed by atoms with Gasteiger partial charge in [0.15, 0.2) is 0 Å². The van der Waals surface area contributed by atoms with E-state index in [-0.39, 0.29) is 23.4 Å². The summed E-state index contributed by atoms with van der Waals surface area (Å²) in [5.41, 5.74) is -0.361. The standard InChI is InChI=1S/C13H18N2O3S2/c1-20(17,18)9-3-7-15-11(10-4-2-8-19-10)14-13(5-6-13)12(15)16/h2,4,8,11,14H,3,5-7,9H2,1H3. The van der Waals surface area contributed by atoms with E-state index in [0.29, 0.717) is 13.0 Å². The van der Waals surface area contributed by atoms with Gasteiger partial charge < -0.3 is 4.90 Å². The molecule has 5 nitrogen and oxygen atoms in total. The molecule has 0 radical (unpaired) electrons. The van der Waals surface area contributed by atoms with E-state index in [1.807, 2.05) is 22.4 Å². The van der Waals surface area contributed by atoms with Gasteiger partial charge in [0.25, 0.3) is 0 Å². The number of nitrogens with one attached hydrogen (secondary N) is 1. The van der Waals surface area contributed by atoms with Gasteiger partial charge >= 0.3 is 0 Å². The molecule has 1 unspecified atom stereocenters. The molecule has 1 aromatic heterocycles. The van der Waals surface area contributed by atoms with Crippen LogP contribution in [0.1, 0.15) is 30.3 Å². The van der Waals surface area contributed by atoms with Crippen molar-refractivity contribution in [2.75, 3.05) is 18.6 Å². The van der Waals surface area contributed by atoms with E-state index in [0.717, 1.165) is 17.7 Å². The lowest BCUT2D eigenvalue weighted by molar-refractivity contribution is -0.130. The zero-order valence-corrected chi connectivity index (χ0v) is 13.0. The first-order valence-corrected chi connectivity index (χ1v) is 9.65. The molecule has 0 aromatic carbocycles. The van der Waals surface area contributed by atoms with Gasteiger partial charge in [0, 0.05) is 17.7 Å². The van der Waals surface area contributed by atoms with Gasteiger partial charge in [0.2, 0.25) is 5.91 Å². The van der Waals surface area contributed by atoms with Gasteiger partial charge in [-0.1, -0.05) is 6.07 Å². The van der Waals surface area contributed by atoms with Crippen LogP contribution in [0, 0.1) is 0 Å². The predicted molar refractivity (Wildman–Crippen MR) is 78.2 cm³/mol. The van der Waals surface area contributed by atoms with Crippen LogP contribution in [0.3, 0.4) is 0 Å². The van der Waals surface area contributed by atoms with Crippen molar-refractivity contribution in [3.05, 3.63) is 22.4 Å². The monoisotopic (exact) mass is 314 g/mol. The van der Waals surface area contributed by atoms with E-state index in [2.05, 4.69) is 5.32 Å². The number of hydrogen-bond donors (Lipinski definition) is 1. The molecule has 2 aliphatic rings. The van der Waals surface area contributed by atoms with Crippen molar-refractivity contribution in [3.63, 3.8) is 0 Å². The zero-order chi connectivity index (χ0) is 14.4. The highest BCUT2D eigenvalue weighted by atomic mass is 32.2. The molecule has 3 rings (SSSR count). The van der Waals surface area contributed by atoms with Crippen molar-refractivity contribution in [2.45, 2.75) is 31.0 Å². The second-order valence-corrected chi connectivity index (χ2v) is 8.87. The van der Waals surface area contributed by atoms with Crippen molar-refractivity contribution >= 4 is 27.1 Å². The van der Waals surface area contributed by atoms with Crippen LogP contribution in [0.15, 0.2) is 17.5 Å². The fraction of sp³-hybridized carbons (Fsp3) is 0.615. The summed E-state index contributed by atoms with van der Waals surface area (Å²) in [7, 11) is -2.97. The van der Waals surface area contributed by atoms with Crippen molar-refractivity contribution in [3.8, 4) is 0 Å². The molecule has 1 aliphatic heterocycles. The first-order chi connectivity index (χ1) is 9.41. The average Bonchev–Trinajstić information content (AvgIpc) is 2.83. The van der Waals surface area contributed by atoms with Gasteiger partial charge in [0.1, 0.15) is 21.5 Å². The van der Waals surface area contributed by atoms with Crippen LogP contribution >= 0.6 is 11.3 Å². The Morgan fingerprint density at radius 3 is 2.80 bits per heavy atom. The minimum absolute atomic E-state index is 0.0930. The third-order valence-corrected chi connectivity index (χ3v) is 5.83. The smallest absolute Gasteiger partial charge is 0.244 e. The highest BCUT2D eigenvalue weighted by Gasteiger charge is 2.59. The Hall–Kier alpha value is -0.920. The molecule has 1 aromatic rings. The molecular formula is C13H18N2O3S2. The second kappa shape index (κ2) is 4.82. The summed E-state index contributed by atoms with van der Waals surface area (Å²) in [4.78, 5) is 15.4. The number of sulfone groups is 1. The van der Waals surface area contributed by atoms with E-state index in [1.54, 1.807) is 11.3 Å². The van der Waals surface area contributed by atoms with E-state index < -0.39 is 9.84 Å². The first-order valence-electron chi connectivity index (χ1n) is 6.71. The molecule has 1 aliphatic carbocycles. The Bertz CT molecular complexity index is 606. The summed E-state index contributed by atoms with van der Waals surface area (Å²) in [6.07, 6.45) is 3.40. The fourth-order valence-electron chi connectivity index (χ4n) is 2.68. The largest absolute Gasteiger partial charge is 0.320 e. The van der Waals surface area contributed by atoms with Crippen LogP contribution < -0.4 is 5.32 Å². The molecule has 0 bridgehead atoms. The van der Waals surface area contributed by atoms with Gasteiger partial charge in [0.05, 0.1) is 5.75 Å². The third-order valence-electron chi connectivity index (χ3n) is 3.87. The number of rotatable bonds is 5. The molecule has 1 atom stereocenters. The van der Waals surface area contributed by atoms with E-state index in [1.165, 1.54) is 6.26 Å². The Kier molecular flexibility index (Phi) is 3.38. The maximum Gasteiger partial charge on any atom is 0.244 e. The minimum atomic E-state index is -2.97. The van der Waals surface area contributed by atoms with Crippen LogP contribution in [0.5, 0.6) is 0 Å². The van der Waals surface area contributed by atoms with Gasteiger partial charge in [-0.2, -0.15) is 0 Å². The zero-order valence-electron chi connectivity index (χ0n) is 11.3. The Labute approximate surface area is 122 Å². The van der Waals surface area contributed by atoms with Gasteiger partial charge in [-0.25, -0.2) is 8.42 Å².